The smallest absolute Gasteiger partial charge is 0.195 e. The van der Waals surface area contributed by atoms with Crippen molar-refractivity contribution < 1.29 is 0 Å². The van der Waals surface area contributed by atoms with E-state index in [0.717, 1.165) is 15.9 Å². The number of nitrogens with zero attached hydrogens (tertiary/aromatic N) is 2. The molecule has 5 heteroatoms. The summed E-state index contributed by atoms with van der Waals surface area (Å²) in [5.74, 6) is 0.868. The summed E-state index contributed by atoms with van der Waals surface area (Å²) < 4.78 is 3.68. The van der Waals surface area contributed by atoms with Crippen LogP contribution in [0, 0.1) is 4.77 Å². The van der Waals surface area contributed by atoms with E-state index in [1.807, 2.05) is 28.8 Å². The largest absolute Gasteiger partial charge is 0.298 e. The second kappa shape index (κ2) is 4.51. The first-order valence-corrected chi connectivity index (χ1v) is 6.23. The topological polar surface area (TPSA) is 33.6 Å². The minimum absolute atomic E-state index is 0.286. The van der Waals surface area contributed by atoms with E-state index >= 15 is 0 Å². The SMILES string of the molecule is CC(C)n1c(-c2ccccc2Br)n[nH]c1=S. The molecule has 0 spiro atoms. The first-order valence-electron chi connectivity index (χ1n) is 5.03. The Labute approximate surface area is 108 Å². The third-order valence-electron chi connectivity index (χ3n) is 2.34. The predicted molar refractivity (Wildman–Crippen MR) is 70.9 cm³/mol. The molecule has 0 radical (unpaired) electrons. The zero-order valence-corrected chi connectivity index (χ0v) is 11.5. The van der Waals surface area contributed by atoms with Crippen LogP contribution in [0.5, 0.6) is 0 Å². The number of rotatable bonds is 2. The van der Waals surface area contributed by atoms with Crippen LogP contribution in [0.4, 0.5) is 0 Å². The minimum Gasteiger partial charge on any atom is -0.298 e. The first kappa shape index (κ1) is 11.5. The highest BCUT2D eigenvalue weighted by Crippen LogP contribution is 2.28. The van der Waals surface area contributed by atoms with Gasteiger partial charge in [-0.15, -0.1) is 0 Å². The molecular weight excluding hydrogens is 286 g/mol. The van der Waals surface area contributed by atoms with Gasteiger partial charge in [-0.05, 0) is 32.1 Å². The summed E-state index contributed by atoms with van der Waals surface area (Å²) in [5.41, 5.74) is 1.04. The van der Waals surface area contributed by atoms with Crippen LogP contribution in [0.2, 0.25) is 0 Å². The first-order chi connectivity index (χ1) is 7.61. The van der Waals surface area contributed by atoms with Crippen molar-refractivity contribution >= 4 is 28.1 Å². The van der Waals surface area contributed by atoms with Gasteiger partial charge in [-0.2, -0.15) is 5.10 Å². The molecule has 0 aliphatic heterocycles. The van der Waals surface area contributed by atoms with E-state index in [-0.39, 0.29) is 6.04 Å². The highest BCUT2D eigenvalue weighted by atomic mass is 79.9. The fourth-order valence-electron chi connectivity index (χ4n) is 1.62. The standard InChI is InChI=1S/C11H12BrN3S/c1-7(2)15-10(13-14-11(15)16)8-5-3-4-6-9(8)12/h3-7H,1-2H3,(H,14,16). The van der Waals surface area contributed by atoms with Crippen LogP contribution in [0.3, 0.4) is 0 Å². The maximum Gasteiger partial charge on any atom is 0.195 e. The Kier molecular flexibility index (Phi) is 3.25. The normalized spacial score (nSPS) is 11.0. The second-order valence-corrected chi connectivity index (χ2v) is 5.04. The van der Waals surface area contributed by atoms with Crippen molar-refractivity contribution in [3.05, 3.63) is 33.5 Å². The molecule has 1 aromatic heterocycles. The van der Waals surface area contributed by atoms with E-state index < -0.39 is 0 Å². The van der Waals surface area contributed by atoms with Gasteiger partial charge in [-0.1, -0.05) is 34.1 Å². The van der Waals surface area contributed by atoms with Gasteiger partial charge in [-0.25, -0.2) is 0 Å². The van der Waals surface area contributed by atoms with Gasteiger partial charge in [0.05, 0.1) is 0 Å². The quantitative estimate of drug-likeness (QED) is 0.852. The molecule has 1 heterocycles. The van der Waals surface area contributed by atoms with Gasteiger partial charge in [-0.3, -0.25) is 9.67 Å². The summed E-state index contributed by atoms with van der Waals surface area (Å²) in [7, 11) is 0. The van der Waals surface area contributed by atoms with Crippen LogP contribution in [0.1, 0.15) is 19.9 Å². The average Bonchev–Trinajstić information content (AvgIpc) is 2.61. The van der Waals surface area contributed by atoms with Crippen LogP contribution in [-0.2, 0) is 0 Å². The summed E-state index contributed by atoms with van der Waals surface area (Å²) in [5, 5.41) is 7.12. The summed E-state index contributed by atoms with van der Waals surface area (Å²) >= 11 is 8.75. The lowest BCUT2D eigenvalue weighted by atomic mass is 10.2. The minimum atomic E-state index is 0.286. The van der Waals surface area contributed by atoms with Crippen molar-refractivity contribution in [3.8, 4) is 11.4 Å². The Morgan fingerprint density at radius 2 is 2.06 bits per heavy atom. The lowest BCUT2D eigenvalue weighted by Gasteiger charge is -2.11. The van der Waals surface area contributed by atoms with E-state index in [1.54, 1.807) is 0 Å². The molecule has 3 nitrogen and oxygen atoms in total. The van der Waals surface area contributed by atoms with Crippen LogP contribution in [0.15, 0.2) is 28.7 Å². The zero-order valence-electron chi connectivity index (χ0n) is 9.07. The van der Waals surface area contributed by atoms with E-state index in [4.69, 9.17) is 12.2 Å². The highest BCUT2D eigenvalue weighted by molar-refractivity contribution is 9.10. The Bertz CT molecular complexity index is 556. The van der Waals surface area contributed by atoms with Crippen molar-refractivity contribution in [1.29, 1.82) is 0 Å². The molecular formula is C11H12BrN3S. The fourth-order valence-corrected chi connectivity index (χ4v) is 2.42. The molecule has 84 valence electrons. The molecule has 1 N–H and O–H groups in total. The molecule has 0 atom stereocenters. The third kappa shape index (κ3) is 1.97. The molecule has 2 aromatic rings. The van der Waals surface area contributed by atoms with Crippen molar-refractivity contribution in [3.63, 3.8) is 0 Å². The van der Waals surface area contributed by atoms with Gasteiger partial charge in [0.1, 0.15) is 0 Å². The summed E-state index contributed by atoms with van der Waals surface area (Å²) in [4.78, 5) is 0. The van der Waals surface area contributed by atoms with Crippen molar-refractivity contribution in [1.82, 2.24) is 14.8 Å². The molecule has 0 fully saturated rings. The summed E-state index contributed by atoms with van der Waals surface area (Å²) in [6.07, 6.45) is 0. The summed E-state index contributed by atoms with van der Waals surface area (Å²) in [6, 6.07) is 8.27. The number of aromatic amines is 1. The van der Waals surface area contributed by atoms with Crippen molar-refractivity contribution in [2.45, 2.75) is 19.9 Å². The molecule has 2 rings (SSSR count). The maximum absolute atomic E-state index is 5.22. The van der Waals surface area contributed by atoms with E-state index in [1.165, 1.54) is 0 Å². The molecule has 1 aromatic carbocycles. The molecule has 0 aliphatic rings. The Morgan fingerprint density at radius 1 is 1.38 bits per heavy atom. The number of nitrogens with one attached hydrogen (secondary N) is 1. The molecule has 16 heavy (non-hydrogen) atoms. The van der Waals surface area contributed by atoms with Crippen molar-refractivity contribution in [2.75, 3.05) is 0 Å². The predicted octanol–water partition coefficient (Wildman–Crippen LogP) is 3.95. The number of hydrogen-bond donors (Lipinski definition) is 1. The van der Waals surface area contributed by atoms with Crippen LogP contribution in [-0.4, -0.2) is 14.8 Å². The number of aromatic nitrogens is 3. The lowest BCUT2D eigenvalue weighted by Crippen LogP contribution is -2.03. The monoisotopic (exact) mass is 297 g/mol. The van der Waals surface area contributed by atoms with E-state index in [2.05, 4.69) is 40.0 Å². The average molecular weight is 298 g/mol. The van der Waals surface area contributed by atoms with Gasteiger partial charge in [0.15, 0.2) is 10.6 Å². The number of hydrogen-bond acceptors (Lipinski definition) is 2. The number of benzene rings is 1. The van der Waals surface area contributed by atoms with Gasteiger partial charge < -0.3 is 0 Å². The fraction of sp³-hybridized carbons (Fsp3) is 0.273. The number of halogens is 1. The Morgan fingerprint density at radius 3 is 2.69 bits per heavy atom. The van der Waals surface area contributed by atoms with Crippen LogP contribution < -0.4 is 0 Å². The Hall–Kier alpha value is -0.940. The lowest BCUT2D eigenvalue weighted by molar-refractivity contribution is 0.597. The van der Waals surface area contributed by atoms with Gasteiger partial charge >= 0.3 is 0 Å². The van der Waals surface area contributed by atoms with Crippen molar-refractivity contribution in [2.24, 2.45) is 0 Å². The molecule has 0 saturated carbocycles. The second-order valence-electron chi connectivity index (χ2n) is 3.80. The molecule has 0 unspecified atom stereocenters. The van der Waals surface area contributed by atoms with Crippen LogP contribution >= 0.6 is 28.1 Å². The van der Waals surface area contributed by atoms with E-state index in [0.29, 0.717) is 4.77 Å². The molecule has 0 saturated heterocycles. The van der Waals surface area contributed by atoms with Gasteiger partial charge in [0.25, 0.3) is 0 Å². The zero-order chi connectivity index (χ0) is 11.7. The van der Waals surface area contributed by atoms with Gasteiger partial charge in [0.2, 0.25) is 0 Å². The molecule has 0 aliphatic carbocycles. The highest BCUT2D eigenvalue weighted by Gasteiger charge is 2.13. The van der Waals surface area contributed by atoms with E-state index in [9.17, 15) is 0 Å². The molecule has 0 amide bonds. The Balaban J connectivity index is 2.66. The maximum atomic E-state index is 5.22. The third-order valence-corrected chi connectivity index (χ3v) is 3.32. The number of H-pyrrole nitrogens is 1. The van der Waals surface area contributed by atoms with Crippen LogP contribution in [0.25, 0.3) is 11.4 Å². The van der Waals surface area contributed by atoms with Gasteiger partial charge in [0, 0.05) is 16.1 Å². The summed E-state index contributed by atoms with van der Waals surface area (Å²) in [6.45, 7) is 4.18. The molecule has 0 bridgehead atoms.